The van der Waals surface area contributed by atoms with Crippen LogP contribution < -0.4 is 5.32 Å². The molecule has 0 aromatic heterocycles. The Morgan fingerprint density at radius 2 is 2.00 bits per heavy atom. The maximum atomic E-state index is 13.5. The van der Waals surface area contributed by atoms with Crippen LogP contribution in [0, 0.1) is 27.3 Å². The average Bonchev–Trinajstić information content (AvgIpc) is 2.48. The smallest absolute Gasteiger partial charge is 0.309 e. The highest BCUT2D eigenvalue weighted by Crippen LogP contribution is 2.27. The summed E-state index contributed by atoms with van der Waals surface area (Å²) in [6.07, 6.45) is 0.389. The van der Waals surface area contributed by atoms with E-state index in [-0.39, 0.29) is 22.8 Å². The molecule has 0 heterocycles. The molecule has 0 spiro atoms. The van der Waals surface area contributed by atoms with Crippen molar-refractivity contribution in [1.82, 2.24) is 0 Å². The first-order chi connectivity index (χ1) is 10.1. The zero-order valence-corrected chi connectivity index (χ0v) is 11.0. The number of rotatable bonds is 5. The number of nitriles is 1. The largest absolute Gasteiger partial charge is 0.379 e. The van der Waals surface area contributed by atoms with Crippen LogP contribution in [0.4, 0.5) is 15.8 Å². The Bertz CT molecular complexity index is 710. The van der Waals surface area contributed by atoms with Gasteiger partial charge in [-0.1, -0.05) is 24.3 Å². The van der Waals surface area contributed by atoms with Crippen LogP contribution in [-0.2, 0) is 6.42 Å². The number of para-hydroxylation sites is 1. The van der Waals surface area contributed by atoms with Crippen LogP contribution in [0.5, 0.6) is 0 Å². The molecule has 106 valence electrons. The molecule has 2 aromatic rings. The molecule has 0 fully saturated rings. The summed E-state index contributed by atoms with van der Waals surface area (Å²) in [6, 6.07) is 12.6. The van der Waals surface area contributed by atoms with E-state index in [9.17, 15) is 14.5 Å². The van der Waals surface area contributed by atoms with Gasteiger partial charge in [0.1, 0.15) is 23.1 Å². The normalized spacial score (nSPS) is 9.90. The fraction of sp³-hybridized carbons (Fsp3) is 0.133. The van der Waals surface area contributed by atoms with Crippen molar-refractivity contribution in [1.29, 1.82) is 5.26 Å². The zero-order chi connectivity index (χ0) is 15.2. The second-order valence-electron chi connectivity index (χ2n) is 4.34. The first-order valence-corrected chi connectivity index (χ1v) is 6.28. The molecule has 0 aliphatic heterocycles. The fourth-order valence-corrected chi connectivity index (χ4v) is 2.01. The Kier molecular flexibility index (Phi) is 4.46. The SMILES string of the molecule is N#Cc1cccc(NCCc2ccccc2F)c1[N+](=O)[O-]. The lowest BCUT2D eigenvalue weighted by molar-refractivity contribution is -0.384. The number of nitrogens with zero attached hydrogens (tertiary/aromatic N) is 2. The van der Waals surface area contributed by atoms with E-state index in [1.54, 1.807) is 30.3 Å². The van der Waals surface area contributed by atoms with Gasteiger partial charge >= 0.3 is 5.69 Å². The van der Waals surface area contributed by atoms with E-state index in [1.165, 1.54) is 18.2 Å². The molecule has 0 saturated carbocycles. The standard InChI is InChI=1S/C15H12FN3O2/c16-13-6-2-1-4-11(13)8-9-18-14-7-3-5-12(10-17)15(14)19(20)21/h1-7,18H,8-9H2. The molecule has 6 heteroatoms. The number of benzene rings is 2. The number of halogens is 1. The van der Waals surface area contributed by atoms with Crippen molar-refractivity contribution in [2.45, 2.75) is 6.42 Å². The molecule has 21 heavy (non-hydrogen) atoms. The number of hydrogen-bond acceptors (Lipinski definition) is 4. The Morgan fingerprint density at radius 1 is 1.24 bits per heavy atom. The minimum atomic E-state index is -0.593. The van der Waals surface area contributed by atoms with Crippen LogP contribution >= 0.6 is 0 Å². The lowest BCUT2D eigenvalue weighted by Gasteiger charge is -2.08. The maximum absolute atomic E-state index is 13.5. The monoisotopic (exact) mass is 285 g/mol. The second kappa shape index (κ2) is 6.48. The molecule has 5 nitrogen and oxygen atoms in total. The summed E-state index contributed by atoms with van der Waals surface area (Å²) in [5.41, 5.74) is 0.531. The van der Waals surface area contributed by atoms with Gasteiger partial charge in [-0.2, -0.15) is 5.26 Å². The third-order valence-electron chi connectivity index (χ3n) is 3.01. The third-order valence-corrected chi connectivity index (χ3v) is 3.01. The number of nitrogens with one attached hydrogen (secondary N) is 1. The van der Waals surface area contributed by atoms with Crippen molar-refractivity contribution in [2.75, 3.05) is 11.9 Å². The molecular formula is C15H12FN3O2. The van der Waals surface area contributed by atoms with E-state index in [4.69, 9.17) is 5.26 Å². The van der Waals surface area contributed by atoms with Gasteiger partial charge in [-0.15, -0.1) is 0 Å². The lowest BCUT2D eigenvalue weighted by atomic mass is 10.1. The van der Waals surface area contributed by atoms with E-state index in [1.807, 2.05) is 0 Å². The van der Waals surface area contributed by atoms with Crippen LogP contribution in [0.25, 0.3) is 0 Å². The van der Waals surface area contributed by atoms with Crippen molar-refractivity contribution in [3.8, 4) is 6.07 Å². The van der Waals surface area contributed by atoms with Crippen molar-refractivity contribution < 1.29 is 9.31 Å². The molecular weight excluding hydrogens is 273 g/mol. The first-order valence-electron chi connectivity index (χ1n) is 6.28. The Balaban J connectivity index is 2.13. The van der Waals surface area contributed by atoms with E-state index in [0.29, 0.717) is 18.5 Å². The topological polar surface area (TPSA) is 79.0 Å². The van der Waals surface area contributed by atoms with Crippen molar-refractivity contribution >= 4 is 11.4 Å². The molecule has 0 unspecified atom stereocenters. The van der Waals surface area contributed by atoms with Crippen molar-refractivity contribution in [3.05, 3.63) is 69.5 Å². The van der Waals surface area contributed by atoms with Crippen LogP contribution in [0.1, 0.15) is 11.1 Å². The summed E-state index contributed by atoms with van der Waals surface area (Å²) in [6.45, 7) is 0.330. The molecule has 0 amide bonds. The van der Waals surface area contributed by atoms with Crippen LogP contribution in [0.3, 0.4) is 0 Å². The first kappa shape index (κ1) is 14.5. The molecule has 0 radical (unpaired) electrons. The highest BCUT2D eigenvalue weighted by atomic mass is 19.1. The van der Waals surface area contributed by atoms with E-state index < -0.39 is 4.92 Å². The molecule has 0 aliphatic rings. The molecule has 0 bridgehead atoms. The van der Waals surface area contributed by atoms with Gasteiger partial charge in [0.2, 0.25) is 0 Å². The van der Waals surface area contributed by atoms with Gasteiger partial charge in [0, 0.05) is 6.54 Å². The van der Waals surface area contributed by atoms with E-state index in [2.05, 4.69) is 5.32 Å². The summed E-state index contributed by atoms with van der Waals surface area (Å²) in [7, 11) is 0. The zero-order valence-electron chi connectivity index (χ0n) is 11.0. The predicted molar refractivity (Wildman–Crippen MR) is 76.4 cm³/mol. The molecule has 0 atom stereocenters. The van der Waals surface area contributed by atoms with Gasteiger partial charge < -0.3 is 5.32 Å². The summed E-state index contributed by atoms with van der Waals surface area (Å²) in [4.78, 5) is 10.4. The van der Waals surface area contributed by atoms with Gasteiger partial charge in [-0.25, -0.2) is 4.39 Å². The summed E-state index contributed by atoms with van der Waals surface area (Å²) in [5.74, 6) is -0.306. The molecule has 0 saturated heterocycles. The second-order valence-corrected chi connectivity index (χ2v) is 4.34. The van der Waals surface area contributed by atoms with Gasteiger partial charge in [0.05, 0.1) is 4.92 Å². The van der Waals surface area contributed by atoms with E-state index in [0.717, 1.165) is 0 Å². The lowest BCUT2D eigenvalue weighted by Crippen LogP contribution is -2.08. The van der Waals surface area contributed by atoms with Crippen molar-refractivity contribution in [3.63, 3.8) is 0 Å². The summed E-state index contributed by atoms with van der Waals surface area (Å²) < 4.78 is 13.5. The summed E-state index contributed by atoms with van der Waals surface area (Å²) in [5, 5.41) is 22.8. The molecule has 2 rings (SSSR count). The quantitative estimate of drug-likeness (QED) is 0.675. The maximum Gasteiger partial charge on any atom is 0.309 e. The van der Waals surface area contributed by atoms with Gasteiger partial charge in [0.15, 0.2) is 0 Å². The minimum absolute atomic E-state index is 0.00380. The summed E-state index contributed by atoms with van der Waals surface area (Å²) >= 11 is 0. The number of anilines is 1. The predicted octanol–water partition coefficient (Wildman–Crippen LogP) is 3.26. The van der Waals surface area contributed by atoms with Gasteiger partial charge in [-0.05, 0) is 30.2 Å². The Hall–Kier alpha value is -2.94. The van der Waals surface area contributed by atoms with Crippen molar-refractivity contribution in [2.24, 2.45) is 0 Å². The van der Waals surface area contributed by atoms with Crippen LogP contribution in [0.2, 0.25) is 0 Å². The molecule has 2 aromatic carbocycles. The number of hydrogen-bond donors (Lipinski definition) is 1. The van der Waals surface area contributed by atoms with Gasteiger partial charge in [-0.3, -0.25) is 10.1 Å². The molecule has 0 aliphatic carbocycles. The van der Waals surface area contributed by atoms with E-state index >= 15 is 0 Å². The highest BCUT2D eigenvalue weighted by molar-refractivity contribution is 5.68. The average molecular weight is 285 g/mol. The fourth-order valence-electron chi connectivity index (χ4n) is 2.01. The van der Waals surface area contributed by atoms with Gasteiger partial charge in [0.25, 0.3) is 0 Å². The van der Waals surface area contributed by atoms with Crippen LogP contribution in [0.15, 0.2) is 42.5 Å². The minimum Gasteiger partial charge on any atom is -0.379 e. The third kappa shape index (κ3) is 3.34. The number of nitro benzene ring substituents is 1. The Morgan fingerprint density at radius 3 is 2.67 bits per heavy atom. The Labute approximate surface area is 120 Å². The highest BCUT2D eigenvalue weighted by Gasteiger charge is 2.19. The number of nitro groups is 1. The van der Waals surface area contributed by atoms with Crippen LogP contribution in [-0.4, -0.2) is 11.5 Å². The molecule has 1 N–H and O–H groups in total.